The maximum atomic E-state index is 12.5. The number of alkyl halides is 3. The van der Waals surface area contributed by atoms with Crippen LogP contribution in [-0.2, 0) is 25.6 Å². The second-order valence-electron chi connectivity index (χ2n) is 5.64. The van der Waals surface area contributed by atoms with Crippen molar-refractivity contribution >= 4 is 5.91 Å². The quantitative estimate of drug-likeness (QED) is 0.928. The molecule has 9 heteroatoms. The lowest BCUT2D eigenvalue weighted by atomic mass is 10.1. The molecule has 2 aromatic heterocycles. The lowest BCUT2D eigenvalue weighted by Crippen LogP contribution is -2.41. The van der Waals surface area contributed by atoms with Gasteiger partial charge in [0.15, 0.2) is 0 Å². The predicted octanol–water partition coefficient (Wildman–Crippen LogP) is 2.00. The minimum absolute atomic E-state index is 0.0340. The molecule has 0 bridgehead atoms. The summed E-state index contributed by atoms with van der Waals surface area (Å²) in [5.74, 6) is 1.27. The van der Waals surface area contributed by atoms with Crippen molar-refractivity contribution in [2.75, 3.05) is 0 Å². The Balaban J connectivity index is 1.67. The highest BCUT2D eigenvalue weighted by Gasteiger charge is 2.31. The third-order valence-corrected chi connectivity index (χ3v) is 4.00. The third-order valence-electron chi connectivity index (χ3n) is 4.00. The van der Waals surface area contributed by atoms with Gasteiger partial charge >= 0.3 is 6.18 Å². The van der Waals surface area contributed by atoms with Crippen molar-refractivity contribution < 1.29 is 18.0 Å². The van der Waals surface area contributed by atoms with Crippen LogP contribution in [0.15, 0.2) is 18.3 Å². The molecule has 1 atom stereocenters. The van der Waals surface area contributed by atoms with E-state index in [1.165, 1.54) is 0 Å². The van der Waals surface area contributed by atoms with Crippen LogP contribution >= 0.6 is 0 Å². The molecule has 1 N–H and O–H groups in total. The molecule has 3 rings (SSSR count). The van der Waals surface area contributed by atoms with Crippen molar-refractivity contribution in [1.82, 2.24) is 25.1 Å². The molecule has 0 saturated heterocycles. The monoisotopic (exact) mass is 339 g/mol. The first-order chi connectivity index (χ1) is 11.4. The highest BCUT2D eigenvalue weighted by atomic mass is 19.4. The fourth-order valence-corrected chi connectivity index (χ4v) is 2.72. The van der Waals surface area contributed by atoms with E-state index in [9.17, 15) is 18.0 Å². The van der Waals surface area contributed by atoms with E-state index in [0.29, 0.717) is 25.6 Å². The van der Waals surface area contributed by atoms with Gasteiger partial charge in [-0.2, -0.15) is 13.2 Å². The normalized spacial score (nSPS) is 17.4. The fraction of sp³-hybridized carbons (Fsp3) is 0.467. The fourth-order valence-electron chi connectivity index (χ4n) is 2.72. The number of carbonyl (C=O) groups is 1. The number of amides is 1. The highest BCUT2D eigenvalue weighted by Crippen LogP contribution is 2.28. The van der Waals surface area contributed by atoms with Gasteiger partial charge in [-0.15, -0.1) is 10.2 Å². The topological polar surface area (TPSA) is 72.7 Å². The number of halogens is 3. The molecule has 1 aliphatic rings. The van der Waals surface area contributed by atoms with Gasteiger partial charge < -0.3 is 9.88 Å². The summed E-state index contributed by atoms with van der Waals surface area (Å²) in [6, 6.07) is 1.81. The van der Waals surface area contributed by atoms with Crippen LogP contribution in [0.2, 0.25) is 0 Å². The summed E-state index contributed by atoms with van der Waals surface area (Å²) in [4.78, 5) is 15.8. The maximum absolute atomic E-state index is 12.5. The number of pyridine rings is 1. The van der Waals surface area contributed by atoms with Crippen molar-refractivity contribution in [1.29, 1.82) is 0 Å². The predicted molar refractivity (Wildman–Crippen MR) is 78.2 cm³/mol. The number of rotatable bonds is 3. The first-order valence-electron chi connectivity index (χ1n) is 7.63. The average molecular weight is 339 g/mol. The molecule has 0 saturated carbocycles. The lowest BCUT2D eigenvalue weighted by Gasteiger charge is -2.25. The molecule has 6 nitrogen and oxygen atoms in total. The molecule has 0 aromatic carbocycles. The van der Waals surface area contributed by atoms with Crippen LogP contribution in [-0.4, -0.2) is 31.7 Å². The van der Waals surface area contributed by atoms with E-state index >= 15 is 0 Å². The lowest BCUT2D eigenvalue weighted by molar-refractivity contribution is -0.137. The summed E-state index contributed by atoms with van der Waals surface area (Å²) in [6.45, 7) is 2.53. The van der Waals surface area contributed by atoms with Gasteiger partial charge in [0, 0.05) is 31.6 Å². The van der Waals surface area contributed by atoms with Crippen LogP contribution in [0, 0.1) is 0 Å². The summed E-state index contributed by atoms with van der Waals surface area (Å²) in [5.41, 5.74) is -0.910. The Morgan fingerprint density at radius 2 is 2.17 bits per heavy atom. The third kappa shape index (κ3) is 3.24. The second kappa shape index (κ2) is 6.21. The van der Waals surface area contributed by atoms with Gasteiger partial charge in [-0.1, -0.05) is 6.92 Å². The molecule has 0 aliphatic carbocycles. The van der Waals surface area contributed by atoms with Crippen molar-refractivity contribution in [3.63, 3.8) is 0 Å². The van der Waals surface area contributed by atoms with Crippen molar-refractivity contribution in [3.05, 3.63) is 41.2 Å². The summed E-state index contributed by atoms with van der Waals surface area (Å²) in [7, 11) is 0. The summed E-state index contributed by atoms with van der Waals surface area (Å²) in [6.07, 6.45) is -1.66. The molecule has 1 amide bonds. The van der Waals surface area contributed by atoms with E-state index in [0.717, 1.165) is 30.2 Å². The van der Waals surface area contributed by atoms with Crippen LogP contribution in [0.5, 0.6) is 0 Å². The number of fused-ring (bicyclic) bond motifs is 1. The number of nitrogens with zero attached hydrogens (tertiary/aromatic N) is 4. The van der Waals surface area contributed by atoms with Gasteiger partial charge in [0.1, 0.15) is 17.3 Å². The first-order valence-corrected chi connectivity index (χ1v) is 7.63. The number of aromatic nitrogens is 4. The minimum atomic E-state index is -4.47. The molecule has 0 radical (unpaired) electrons. The Labute approximate surface area is 136 Å². The van der Waals surface area contributed by atoms with Gasteiger partial charge in [0.25, 0.3) is 5.91 Å². The van der Waals surface area contributed by atoms with E-state index in [4.69, 9.17) is 0 Å². The Kier molecular flexibility index (Phi) is 4.25. The van der Waals surface area contributed by atoms with Crippen LogP contribution in [0.4, 0.5) is 13.2 Å². The molecule has 24 heavy (non-hydrogen) atoms. The van der Waals surface area contributed by atoms with Crippen molar-refractivity contribution in [2.45, 2.75) is 44.9 Å². The van der Waals surface area contributed by atoms with E-state index in [-0.39, 0.29) is 11.7 Å². The molecule has 0 fully saturated rings. The van der Waals surface area contributed by atoms with Crippen LogP contribution < -0.4 is 5.32 Å². The zero-order chi connectivity index (χ0) is 17.3. The summed E-state index contributed by atoms with van der Waals surface area (Å²) in [5, 5.41) is 11.0. The molecule has 0 spiro atoms. The van der Waals surface area contributed by atoms with Crippen LogP contribution in [0.25, 0.3) is 0 Å². The Morgan fingerprint density at radius 1 is 1.38 bits per heavy atom. The molecule has 1 aliphatic heterocycles. The number of aryl methyl sites for hydroxylation is 2. The first kappa shape index (κ1) is 16.4. The van der Waals surface area contributed by atoms with Crippen LogP contribution in [0.1, 0.15) is 41.0 Å². The van der Waals surface area contributed by atoms with E-state index in [1.54, 1.807) is 0 Å². The second-order valence-corrected chi connectivity index (χ2v) is 5.64. The molecule has 2 aromatic rings. The number of hydrogen-bond acceptors (Lipinski definition) is 4. The molecule has 128 valence electrons. The van der Waals surface area contributed by atoms with Gasteiger partial charge in [-0.05, 0) is 18.6 Å². The highest BCUT2D eigenvalue weighted by molar-refractivity contribution is 5.92. The van der Waals surface area contributed by atoms with E-state index < -0.39 is 17.6 Å². The zero-order valence-electron chi connectivity index (χ0n) is 13.0. The van der Waals surface area contributed by atoms with Crippen LogP contribution in [0.3, 0.4) is 0 Å². The Bertz CT molecular complexity index is 725. The van der Waals surface area contributed by atoms with Gasteiger partial charge in [0.05, 0.1) is 5.56 Å². The number of carbonyl (C=O) groups excluding carboxylic acids is 1. The molecular weight excluding hydrogens is 323 g/mol. The standard InChI is InChI=1S/C15H16F3N5O/c1-2-12-21-22-13-6-4-10(8-23(12)13)20-14(24)11-5-3-9(7-19-11)15(16,17)18/h3,5,7,10H,2,4,6,8H2,1H3,(H,20,24). The average Bonchev–Trinajstić information content (AvgIpc) is 2.96. The number of hydrogen-bond donors (Lipinski definition) is 1. The SMILES string of the molecule is CCc1nnc2n1CC(NC(=O)c1ccc(C(F)(F)F)cn1)CC2. The number of nitrogens with one attached hydrogen (secondary N) is 1. The molecule has 1 unspecified atom stereocenters. The maximum Gasteiger partial charge on any atom is 0.417 e. The molecule has 3 heterocycles. The Hall–Kier alpha value is -2.45. The van der Waals surface area contributed by atoms with Gasteiger partial charge in [-0.3, -0.25) is 9.78 Å². The summed E-state index contributed by atoms with van der Waals surface area (Å²) < 4.78 is 39.5. The molecular formula is C15H16F3N5O. The largest absolute Gasteiger partial charge is 0.417 e. The minimum Gasteiger partial charge on any atom is -0.346 e. The van der Waals surface area contributed by atoms with Crippen molar-refractivity contribution in [3.8, 4) is 0 Å². The van der Waals surface area contributed by atoms with Crippen molar-refractivity contribution in [2.24, 2.45) is 0 Å². The van der Waals surface area contributed by atoms with E-state index in [2.05, 4.69) is 20.5 Å². The van der Waals surface area contributed by atoms with E-state index in [1.807, 2.05) is 11.5 Å². The smallest absolute Gasteiger partial charge is 0.346 e. The van der Waals surface area contributed by atoms with Gasteiger partial charge in [0.2, 0.25) is 0 Å². The Morgan fingerprint density at radius 3 is 2.79 bits per heavy atom. The van der Waals surface area contributed by atoms with Gasteiger partial charge in [-0.25, -0.2) is 0 Å². The zero-order valence-corrected chi connectivity index (χ0v) is 13.0. The summed E-state index contributed by atoms with van der Waals surface area (Å²) >= 11 is 0.